The lowest BCUT2D eigenvalue weighted by Gasteiger charge is -2.12. The molecule has 0 nitrogen and oxygen atoms in total. The fraction of sp³-hybridized carbons (Fsp3) is 0.0588. The van der Waals surface area contributed by atoms with E-state index in [9.17, 15) is 0 Å². The van der Waals surface area contributed by atoms with E-state index < -0.39 is 0 Å². The summed E-state index contributed by atoms with van der Waals surface area (Å²) in [4.78, 5) is 0. The van der Waals surface area contributed by atoms with Gasteiger partial charge in [-0.3, -0.25) is 0 Å². The molecule has 4 aromatic rings. The standard InChI is InChI=1S/C17H13P/c1-18-15-10-8-13-6-5-11-3-2-4-12-7-9-14(15)17(13)16(11)12/h2-10,18H,1H3. The fourth-order valence-corrected chi connectivity index (χ4v) is 3.68. The van der Waals surface area contributed by atoms with E-state index in [2.05, 4.69) is 61.3 Å². The minimum absolute atomic E-state index is 0.848. The molecular formula is C17H13P. The van der Waals surface area contributed by atoms with Crippen LogP contribution in [0.1, 0.15) is 0 Å². The zero-order valence-electron chi connectivity index (χ0n) is 10.2. The Morgan fingerprint density at radius 1 is 0.667 bits per heavy atom. The van der Waals surface area contributed by atoms with Gasteiger partial charge in [0.25, 0.3) is 0 Å². The highest BCUT2D eigenvalue weighted by atomic mass is 31.1. The second-order valence-electron chi connectivity index (χ2n) is 4.72. The molecule has 1 unspecified atom stereocenters. The first kappa shape index (κ1) is 10.3. The Bertz CT molecular complexity index is 845. The van der Waals surface area contributed by atoms with Gasteiger partial charge >= 0.3 is 0 Å². The van der Waals surface area contributed by atoms with Gasteiger partial charge in [-0.2, -0.15) is 0 Å². The summed E-state index contributed by atoms with van der Waals surface area (Å²) in [5, 5.41) is 9.82. The van der Waals surface area contributed by atoms with Crippen LogP contribution in [-0.2, 0) is 0 Å². The molecule has 0 fully saturated rings. The summed E-state index contributed by atoms with van der Waals surface area (Å²) >= 11 is 0. The van der Waals surface area contributed by atoms with Gasteiger partial charge in [0.05, 0.1) is 0 Å². The molecule has 0 radical (unpaired) electrons. The van der Waals surface area contributed by atoms with E-state index >= 15 is 0 Å². The summed E-state index contributed by atoms with van der Waals surface area (Å²) in [5.74, 6) is 0. The van der Waals surface area contributed by atoms with Crippen LogP contribution >= 0.6 is 8.58 Å². The lowest BCUT2D eigenvalue weighted by atomic mass is 9.94. The van der Waals surface area contributed by atoms with Gasteiger partial charge in [0.15, 0.2) is 0 Å². The Labute approximate surface area is 108 Å². The van der Waals surface area contributed by atoms with Gasteiger partial charge in [0, 0.05) is 0 Å². The molecule has 0 bridgehead atoms. The van der Waals surface area contributed by atoms with E-state index in [1.54, 1.807) is 0 Å². The van der Waals surface area contributed by atoms with Crippen molar-refractivity contribution in [2.45, 2.75) is 0 Å². The molecule has 4 rings (SSSR count). The van der Waals surface area contributed by atoms with Crippen molar-refractivity contribution in [3.05, 3.63) is 54.6 Å². The Kier molecular flexibility index (Phi) is 2.10. The zero-order chi connectivity index (χ0) is 12.1. The Morgan fingerprint density at radius 2 is 1.28 bits per heavy atom. The van der Waals surface area contributed by atoms with E-state index in [1.807, 2.05) is 0 Å². The quantitative estimate of drug-likeness (QED) is 0.343. The minimum Gasteiger partial charge on any atom is -0.0929 e. The number of hydrogen-bond acceptors (Lipinski definition) is 0. The Morgan fingerprint density at radius 3 is 2.00 bits per heavy atom. The predicted molar refractivity (Wildman–Crippen MR) is 84.0 cm³/mol. The Hall–Kier alpha value is -1.65. The molecule has 0 heterocycles. The van der Waals surface area contributed by atoms with Crippen LogP contribution in [0.3, 0.4) is 0 Å². The topological polar surface area (TPSA) is 0 Å². The molecule has 86 valence electrons. The molecule has 0 aliphatic carbocycles. The summed E-state index contributed by atoms with van der Waals surface area (Å²) in [6, 6.07) is 20.1. The van der Waals surface area contributed by atoms with E-state index in [0.29, 0.717) is 0 Å². The zero-order valence-corrected chi connectivity index (χ0v) is 11.2. The van der Waals surface area contributed by atoms with Crippen LogP contribution < -0.4 is 5.30 Å². The minimum atomic E-state index is 0.848. The van der Waals surface area contributed by atoms with Crippen molar-refractivity contribution in [3.8, 4) is 0 Å². The first-order valence-corrected chi connectivity index (χ1v) is 7.73. The highest BCUT2D eigenvalue weighted by molar-refractivity contribution is 7.47. The third-order valence-corrected chi connectivity index (χ3v) is 4.77. The average molecular weight is 248 g/mol. The molecule has 0 aromatic heterocycles. The molecule has 1 atom stereocenters. The lowest BCUT2D eigenvalue weighted by molar-refractivity contribution is 1.80. The van der Waals surface area contributed by atoms with Crippen molar-refractivity contribution in [3.63, 3.8) is 0 Å². The van der Waals surface area contributed by atoms with Crippen molar-refractivity contribution in [2.75, 3.05) is 6.66 Å². The third kappa shape index (κ3) is 1.24. The smallest absolute Gasteiger partial charge is 0.00205 e. The third-order valence-electron chi connectivity index (χ3n) is 3.80. The SMILES string of the molecule is CPc1ccc2ccc3cccc4ccc1c2c34. The van der Waals surface area contributed by atoms with Crippen molar-refractivity contribution in [2.24, 2.45) is 0 Å². The van der Waals surface area contributed by atoms with Crippen molar-refractivity contribution in [1.82, 2.24) is 0 Å². The number of benzene rings is 4. The highest BCUT2D eigenvalue weighted by Gasteiger charge is 2.09. The van der Waals surface area contributed by atoms with E-state index in [1.165, 1.54) is 37.6 Å². The molecule has 0 saturated heterocycles. The van der Waals surface area contributed by atoms with E-state index in [0.717, 1.165) is 8.58 Å². The van der Waals surface area contributed by atoms with Crippen molar-refractivity contribution in [1.29, 1.82) is 0 Å². The molecule has 1 heteroatoms. The average Bonchev–Trinajstić information content (AvgIpc) is 2.44. The first-order chi connectivity index (χ1) is 8.88. The summed E-state index contributed by atoms with van der Waals surface area (Å²) in [7, 11) is 0.848. The molecule has 0 amide bonds. The van der Waals surface area contributed by atoms with Crippen LogP contribution in [0.25, 0.3) is 32.3 Å². The first-order valence-electron chi connectivity index (χ1n) is 6.23. The van der Waals surface area contributed by atoms with Crippen LogP contribution in [0.4, 0.5) is 0 Å². The van der Waals surface area contributed by atoms with Gasteiger partial charge in [-0.05, 0) is 44.3 Å². The molecule has 0 aliphatic rings. The maximum Gasteiger partial charge on any atom is -0.00205 e. The van der Waals surface area contributed by atoms with Gasteiger partial charge in [-0.25, -0.2) is 0 Å². The van der Waals surface area contributed by atoms with Gasteiger partial charge in [-0.1, -0.05) is 63.2 Å². The van der Waals surface area contributed by atoms with Crippen molar-refractivity contribution >= 4 is 46.2 Å². The summed E-state index contributed by atoms with van der Waals surface area (Å²) in [6.07, 6.45) is 0. The fourth-order valence-electron chi connectivity index (χ4n) is 2.95. The molecule has 4 aromatic carbocycles. The normalized spacial score (nSPS) is 12.5. The van der Waals surface area contributed by atoms with Crippen LogP contribution in [0.15, 0.2) is 54.6 Å². The lowest BCUT2D eigenvalue weighted by Crippen LogP contribution is -1.97. The van der Waals surface area contributed by atoms with E-state index in [4.69, 9.17) is 0 Å². The summed E-state index contributed by atoms with van der Waals surface area (Å²) in [5.41, 5.74) is 0. The highest BCUT2D eigenvalue weighted by Crippen LogP contribution is 2.34. The van der Waals surface area contributed by atoms with Crippen LogP contribution in [0.2, 0.25) is 0 Å². The molecule has 0 saturated carbocycles. The molecule has 18 heavy (non-hydrogen) atoms. The second-order valence-corrected chi connectivity index (χ2v) is 5.76. The van der Waals surface area contributed by atoms with Crippen LogP contribution in [0.5, 0.6) is 0 Å². The van der Waals surface area contributed by atoms with E-state index in [-0.39, 0.29) is 0 Å². The molecule has 0 aliphatic heterocycles. The molecule has 0 spiro atoms. The predicted octanol–water partition coefficient (Wildman–Crippen LogP) is 4.52. The molecular weight excluding hydrogens is 235 g/mol. The van der Waals surface area contributed by atoms with Gasteiger partial charge in [0.1, 0.15) is 0 Å². The molecule has 0 N–H and O–H groups in total. The number of rotatable bonds is 1. The van der Waals surface area contributed by atoms with Gasteiger partial charge < -0.3 is 0 Å². The maximum absolute atomic E-state index is 2.29. The number of hydrogen-bond donors (Lipinski definition) is 0. The largest absolute Gasteiger partial charge is 0.0929 e. The van der Waals surface area contributed by atoms with Gasteiger partial charge in [0.2, 0.25) is 0 Å². The monoisotopic (exact) mass is 248 g/mol. The maximum atomic E-state index is 2.29. The van der Waals surface area contributed by atoms with Gasteiger partial charge in [-0.15, -0.1) is 0 Å². The van der Waals surface area contributed by atoms with Crippen LogP contribution in [0, 0.1) is 0 Å². The Balaban J connectivity index is 2.40. The summed E-state index contributed by atoms with van der Waals surface area (Å²) < 4.78 is 0. The second kappa shape index (κ2) is 3.67. The van der Waals surface area contributed by atoms with Crippen LogP contribution in [-0.4, -0.2) is 6.66 Å². The summed E-state index contributed by atoms with van der Waals surface area (Å²) in [6.45, 7) is 2.26. The van der Waals surface area contributed by atoms with Crippen molar-refractivity contribution < 1.29 is 0 Å².